The van der Waals surface area contributed by atoms with Gasteiger partial charge in [-0.3, -0.25) is 14.4 Å². The van der Waals surface area contributed by atoms with Crippen LogP contribution in [0, 0.1) is 5.41 Å². The van der Waals surface area contributed by atoms with Gasteiger partial charge in [-0.25, -0.2) is 24.2 Å². The van der Waals surface area contributed by atoms with Crippen LogP contribution >= 0.6 is 0 Å². The van der Waals surface area contributed by atoms with Crippen LogP contribution in [0.2, 0.25) is 0 Å². The molecule has 1 fully saturated rings. The van der Waals surface area contributed by atoms with Crippen LogP contribution in [-0.4, -0.2) is 127 Å². The molecule has 0 bridgehead atoms. The molecule has 1 aliphatic rings. The van der Waals surface area contributed by atoms with Crippen LogP contribution in [0.1, 0.15) is 184 Å². The van der Waals surface area contributed by atoms with Gasteiger partial charge in [-0.15, -0.1) is 0 Å². The number of aromatic hydroxyl groups is 3. The molecule has 432 valence electrons. The monoisotopic (exact) mass is 1090 g/mol. The molecular formula is C60H88N3O15+. The minimum absolute atomic E-state index is 0.192. The normalized spacial score (nSPS) is 15.0. The molecule has 4 rings (SSSR count). The number of aliphatic hydroxyl groups excluding tert-OH is 3. The number of urea groups is 3. The van der Waals surface area contributed by atoms with E-state index < -0.39 is 156 Å². The number of hydrogen-bond donors (Lipinski definition) is 6. The molecule has 1 heterocycles. The number of nitrogens with zero attached hydrogens (tertiary/aromatic N) is 3. The van der Waals surface area contributed by atoms with Crippen LogP contribution in [0.3, 0.4) is 0 Å². The summed E-state index contributed by atoms with van der Waals surface area (Å²) >= 11 is 0. The second-order valence-electron chi connectivity index (χ2n) is 26.9. The highest BCUT2D eigenvalue weighted by Gasteiger charge is 2.63. The summed E-state index contributed by atoms with van der Waals surface area (Å²) in [4.78, 5) is 89.9. The zero-order valence-electron chi connectivity index (χ0n) is 49.4. The molecule has 0 spiro atoms. The van der Waals surface area contributed by atoms with Crippen molar-refractivity contribution in [3.8, 4) is 34.5 Å². The number of benzene rings is 3. The van der Waals surface area contributed by atoms with E-state index in [9.17, 15) is 45.0 Å². The molecule has 0 aromatic heterocycles. The van der Waals surface area contributed by atoms with E-state index in [-0.39, 0.29) is 28.7 Å². The van der Waals surface area contributed by atoms with Crippen molar-refractivity contribution < 1.29 is 78.1 Å². The number of rotatable bonds is 18. The fraction of sp³-hybridized carbons (Fsp3) is 0.600. The number of esters is 3. The summed E-state index contributed by atoms with van der Waals surface area (Å²) < 4.78 is 16.6. The van der Waals surface area contributed by atoms with Gasteiger partial charge in [0.15, 0.2) is 34.5 Å². The smallest absolute Gasteiger partial charge is 0.436 e. The molecule has 6 N–H and O–H groups in total. The summed E-state index contributed by atoms with van der Waals surface area (Å²) in [5.74, 6) is -5.06. The molecule has 0 aliphatic carbocycles. The first kappa shape index (κ1) is 64.4. The fourth-order valence-electron chi connectivity index (χ4n) is 9.39. The Balaban J connectivity index is 2.10. The van der Waals surface area contributed by atoms with Crippen molar-refractivity contribution in [2.24, 2.45) is 5.41 Å². The number of carbonyl (C=O) groups is 6. The van der Waals surface area contributed by atoms with Crippen molar-refractivity contribution in [3.63, 3.8) is 0 Å². The van der Waals surface area contributed by atoms with Crippen molar-refractivity contribution in [3.05, 3.63) is 69.8 Å². The number of amides is 6. The lowest BCUT2D eigenvalue weighted by Crippen LogP contribution is -2.76. The summed E-state index contributed by atoms with van der Waals surface area (Å²) in [5, 5.41) is 66.4. The van der Waals surface area contributed by atoms with Crippen molar-refractivity contribution in [2.75, 3.05) is 46.0 Å². The number of phenols is 3. The first-order valence-electron chi connectivity index (χ1n) is 26.7. The Morgan fingerprint density at radius 3 is 1.04 bits per heavy atom. The lowest BCUT2D eigenvalue weighted by Gasteiger charge is -2.46. The van der Waals surface area contributed by atoms with Crippen LogP contribution in [0.5, 0.6) is 34.5 Å². The third-order valence-corrected chi connectivity index (χ3v) is 14.3. The Kier molecular flexibility index (Phi) is 19.3. The number of hydrogen-bond acceptors (Lipinski definition) is 15. The minimum atomic E-state index is -2.40. The molecule has 6 amide bonds. The van der Waals surface area contributed by atoms with Crippen molar-refractivity contribution in [2.45, 2.75) is 183 Å². The lowest BCUT2D eigenvalue weighted by atomic mass is 9.77. The van der Waals surface area contributed by atoms with E-state index in [0.29, 0.717) is 32.1 Å². The van der Waals surface area contributed by atoms with E-state index >= 15 is 14.4 Å². The summed E-state index contributed by atoms with van der Waals surface area (Å²) in [6.45, 7) is 28.6. The maximum Gasteiger partial charge on any atom is 0.436 e. The summed E-state index contributed by atoms with van der Waals surface area (Å²) in [6, 6.07) is 6.20. The standard InChI is InChI=1S/C60H87N3O15/c1-54(2,3)36-29-39(57(10,11)12)47(69)42(32-36)76-45(67)19-21-60(50(72)78-44-34-38(56(7,8)9)31-41(49(44)71)59(16,17)18,35-63(25-28-66)52(74)61(23-26-64)51(73)62(24-27-65)53(63)75)22-20-46(68)77-43-33-37(55(4,5)6)30-40(48(43)70)58(13,14)15/h29-34,64-66H,19-28,35H2,1-18H3,(H2-,69,70,71)/p+1. The van der Waals surface area contributed by atoms with Crippen LogP contribution < -0.4 is 14.2 Å². The van der Waals surface area contributed by atoms with Crippen LogP contribution in [0.25, 0.3) is 0 Å². The fourth-order valence-corrected chi connectivity index (χ4v) is 9.39. The minimum Gasteiger partial charge on any atom is -0.504 e. The van der Waals surface area contributed by atoms with Gasteiger partial charge in [-0.05, 0) is 80.2 Å². The van der Waals surface area contributed by atoms with E-state index in [1.54, 1.807) is 6.07 Å². The quantitative estimate of drug-likeness (QED) is 0.0393. The number of carbonyl (C=O) groups excluding carboxylic acids is 6. The van der Waals surface area contributed by atoms with E-state index in [2.05, 4.69) is 0 Å². The Labute approximate surface area is 460 Å². The molecule has 1 saturated heterocycles. The summed E-state index contributed by atoms with van der Waals surface area (Å²) in [6.07, 6.45) is -2.82. The number of aliphatic hydroxyl groups is 3. The Morgan fingerprint density at radius 1 is 0.462 bits per heavy atom. The van der Waals surface area contributed by atoms with Gasteiger partial charge >= 0.3 is 36.0 Å². The number of quaternary nitrogens is 1. The molecule has 0 atom stereocenters. The van der Waals surface area contributed by atoms with E-state index in [0.717, 1.165) is 11.1 Å². The van der Waals surface area contributed by atoms with Crippen molar-refractivity contribution in [1.82, 2.24) is 9.80 Å². The molecule has 18 nitrogen and oxygen atoms in total. The predicted molar refractivity (Wildman–Crippen MR) is 295 cm³/mol. The maximum absolute atomic E-state index is 15.9. The van der Waals surface area contributed by atoms with Gasteiger partial charge in [0, 0.05) is 29.5 Å². The van der Waals surface area contributed by atoms with Crippen LogP contribution in [0.15, 0.2) is 36.4 Å². The SMILES string of the molecule is CC(C)(C)c1cc(OC(=O)CCC(CCC(=O)Oc2cc(C(C)(C)C)cc(C(C)(C)C)c2O)(C[N+]2(CCO)C(=O)N(CCO)C(=O)N(CCO)C2=O)C(=O)Oc2cc(C(C)(C)C)cc(C(C)(C)C)c2O)c(O)c(C(C)(C)C)c1. The van der Waals surface area contributed by atoms with E-state index in [1.165, 1.54) is 18.2 Å². The Bertz CT molecular complexity index is 2630. The number of ether oxygens (including phenoxy) is 3. The molecule has 3 aromatic carbocycles. The topological polar surface area (TPSA) is 258 Å². The number of phenolic OH excluding ortho intramolecular Hbond substituents is 3. The Morgan fingerprint density at radius 2 is 0.769 bits per heavy atom. The van der Waals surface area contributed by atoms with Crippen molar-refractivity contribution in [1.29, 1.82) is 0 Å². The van der Waals surface area contributed by atoms with Gasteiger partial charge in [-0.1, -0.05) is 143 Å². The van der Waals surface area contributed by atoms with Crippen LogP contribution in [-0.2, 0) is 46.9 Å². The number of β-amino-alcohol motifs (C(OH)–C–C–N with tert-alkyl or cyclic N) is 2. The largest absolute Gasteiger partial charge is 0.504 e. The van der Waals surface area contributed by atoms with Crippen LogP contribution in [0.4, 0.5) is 14.4 Å². The average molecular weight is 1090 g/mol. The second kappa shape index (κ2) is 23.3. The zero-order chi connectivity index (χ0) is 59.7. The summed E-state index contributed by atoms with van der Waals surface area (Å²) in [7, 11) is 0. The van der Waals surface area contributed by atoms with Gasteiger partial charge in [0.25, 0.3) is 0 Å². The second-order valence-corrected chi connectivity index (χ2v) is 26.9. The molecule has 0 radical (unpaired) electrons. The third-order valence-electron chi connectivity index (χ3n) is 14.3. The summed E-state index contributed by atoms with van der Waals surface area (Å²) in [5.41, 5.74) is -2.56. The van der Waals surface area contributed by atoms with Gasteiger partial charge in [0.05, 0.1) is 32.9 Å². The highest BCUT2D eigenvalue weighted by atomic mass is 16.6. The maximum atomic E-state index is 15.9. The van der Waals surface area contributed by atoms with Gasteiger partial charge in [0.1, 0.15) is 18.5 Å². The van der Waals surface area contributed by atoms with Gasteiger partial charge < -0.3 is 44.8 Å². The average Bonchev–Trinajstić information content (AvgIpc) is 3.29. The molecule has 3 aromatic rings. The van der Waals surface area contributed by atoms with Crippen molar-refractivity contribution >= 4 is 36.0 Å². The Hall–Kier alpha value is -6.08. The predicted octanol–water partition coefficient (Wildman–Crippen LogP) is 10.0. The lowest BCUT2D eigenvalue weighted by molar-refractivity contribution is -0.785. The molecular weight excluding hydrogens is 1000 g/mol. The number of imide groups is 3. The first-order valence-corrected chi connectivity index (χ1v) is 26.7. The molecule has 0 unspecified atom stereocenters. The van der Waals surface area contributed by atoms with Gasteiger partial charge in [0.2, 0.25) is 0 Å². The third kappa shape index (κ3) is 14.4. The zero-order valence-corrected chi connectivity index (χ0v) is 49.4. The first-order chi connectivity index (χ1) is 35.5. The molecule has 18 heteroatoms. The molecule has 0 saturated carbocycles. The molecule has 78 heavy (non-hydrogen) atoms. The van der Waals surface area contributed by atoms with E-state index in [4.69, 9.17) is 14.2 Å². The van der Waals surface area contributed by atoms with E-state index in [1.807, 2.05) is 137 Å². The highest BCUT2D eigenvalue weighted by molar-refractivity contribution is 6.06. The molecule has 1 aliphatic heterocycles. The highest BCUT2D eigenvalue weighted by Crippen LogP contribution is 2.47. The van der Waals surface area contributed by atoms with Gasteiger partial charge in [-0.2, -0.15) is 4.48 Å².